The van der Waals surface area contributed by atoms with Gasteiger partial charge in [-0.25, -0.2) is 8.42 Å². The lowest BCUT2D eigenvalue weighted by atomic mass is 10.1. The molecule has 1 amide bonds. The van der Waals surface area contributed by atoms with Crippen LogP contribution in [-0.4, -0.2) is 37.0 Å². The van der Waals surface area contributed by atoms with Gasteiger partial charge in [0.05, 0.1) is 28.5 Å². The van der Waals surface area contributed by atoms with E-state index >= 15 is 0 Å². The molecule has 1 rings (SSSR count). The van der Waals surface area contributed by atoms with E-state index in [-0.39, 0.29) is 11.6 Å². The number of rotatable bonds is 4. The molecule has 0 aliphatic rings. The summed E-state index contributed by atoms with van der Waals surface area (Å²) >= 11 is 11.8. The first-order valence-corrected chi connectivity index (χ1v) is 8.75. The van der Waals surface area contributed by atoms with Gasteiger partial charge in [-0.1, -0.05) is 29.3 Å². The summed E-state index contributed by atoms with van der Waals surface area (Å²) in [5, 5.41) is 3.09. The Kier molecular flexibility index (Phi) is 5.66. The Balaban J connectivity index is 2.92. The lowest BCUT2D eigenvalue weighted by Crippen LogP contribution is -2.48. The maximum Gasteiger partial charge on any atom is 0.239 e. The normalized spacial score (nSPS) is 12.5. The van der Waals surface area contributed by atoms with E-state index < -0.39 is 21.5 Å². The smallest absolute Gasteiger partial charge is 0.239 e. The van der Waals surface area contributed by atoms with Crippen LogP contribution in [0.15, 0.2) is 18.2 Å². The standard InChI is InChI=1S/C13H18Cl2N2O3S/c1-13(2,3)17(21(4,19)20)8-11(18)16-10-7-5-6-9(14)12(10)15/h5-7H,8H2,1-4H3,(H,16,18). The molecule has 0 atom stereocenters. The second-order valence-electron chi connectivity index (χ2n) is 5.59. The Bertz CT molecular complexity index is 639. The maximum atomic E-state index is 12.1. The van der Waals surface area contributed by atoms with Gasteiger partial charge < -0.3 is 5.32 Å². The van der Waals surface area contributed by atoms with Crippen LogP contribution < -0.4 is 5.32 Å². The van der Waals surface area contributed by atoms with E-state index in [4.69, 9.17) is 23.2 Å². The topological polar surface area (TPSA) is 66.5 Å². The molecule has 0 aliphatic heterocycles. The number of sulfonamides is 1. The summed E-state index contributed by atoms with van der Waals surface area (Å²) in [7, 11) is -3.51. The molecule has 0 fully saturated rings. The highest BCUT2D eigenvalue weighted by Crippen LogP contribution is 2.29. The molecule has 0 saturated carbocycles. The van der Waals surface area contributed by atoms with E-state index in [0.29, 0.717) is 10.7 Å². The number of amides is 1. The van der Waals surface area contributed by atoms with Crippen molar-refractivity contribution in [3.05, 3.63) is 28.2 Å². The molecule has 1 aromatic carbocycles. The summed E-state index contributed by atoms with van der Waals surface area (Å²) in [5.41, 5.74) is -0.361. The molecular formula is C13H18Cl2N2O3S. The Labute approximate surface area is 135 Å². The van der Waals surface area contributed by atoms with Crippen LogP contribution in [0.5, 0.6) is 0 Å². The summed E-state index contributed by atoms with van der Waals surface area (Å²) in [6.45, 7) is 4.85. The number of carbonyl (C=O) groups excluding carboxylic acids is 1. The van der Waals surface area contributed by atoms with Gasteiger partial charge in [-0.05, 0) is 32.9 Å². The van der Waals surface area contributed by atoms with Gasteiger partial charge in [0.25, 0.3) is 0 Å². The second kappa shape index (κ2) is 6.52. The molecule has 0 aliphatic carbocycles. The third-order valence-corrected chi connectivity index (χ3v) is 4.96. The molecule has 0 unspecified atom stereocenters. The van der Waals surface area contributed by atoms with Crippen LogP contribution in [0.4, 0.5) is 5.69 Å². The summed E-state index contributed by atoms with van der Waals surface area (Å²) in [5.74, 6) is -0.487. The highest BCUT2D eigenvalue weighted by Gasteiger charge is 2.31. The lowest BCUT2D eigenvalue weighted by Gasteiger charge is -2.32. The Morgan fingerprint density at radius 2 is 1.86 bits per heavy atom. The molecule has 8 heteroatoms. The number of nitrogens with zero attached hydrogens (tertiary/aromatic N) is 1. The van der Waals surface area contributed by atoms with Crippen LogP contribution in [0.25, 0.3) is 0 Å². The van der Waals surface area contributed by atoms with Gasteiger partial charge >= 0.3 is 0 Å². The number of carbonyl (C=O) groups is 1. The van der Waals surface area contributed by atoms with Crippen LogP contribution in [-0.2, 0) is 14.8 Å². The number of hydrogen-bond acceptors (Lipinski definition) is 3. The van der Waals surface area contributed by atoms with Crippen molar-refractivity contribution in [2.24, 2.45) is 0 Å². The molecule has 21 heavy (non-hydrogen) atoms. The van der Waals surface area contributed by atoms with E-state index in [1.165, 1.54) is 0 Å². The zero-order chi connectivity index (χ0) is 16.4. The molecule has 0 spiro atoms. The average molecular weight is 353 g/mol. The highest BCUT2D eigenvalue weighted by atomic mass is 35.5. The molecule has 5 nitrogen and oxygen atoms in total. The van der Waals surface area contributed by atoms with Crippen LogP contribution in [0.2, 0.25) is 10.0 Å². The first kappa shape index (κ1) is 18.2. The van der Waals surface area contributed by atoms with E-state index in [2.05, 4.69) is 5.32 Å². The number of halogens is 2. The fraction of sp³-hybridized carbons (Fsp3) is 0.462. The highest BCUT2D eigenvalue weighted by molar-refractivity contribution is 7.88. The molecule has 0 saturated heterocycles. The first-order valence-electron chi connectivity index (χ1n) is 6.14. The molecular weight excluding hydrogens is 335 g/mol. The number of nitrogens with one attached hydrogen (secondary N) is 1. The fourth-order valence-corrected chi connectivity index (χ4v) is 3.47. The van der Waals surface area contributed by atoms with Gasteiger partial charge in [0.2, 0.25) is 15.9 Å². The van der Waals surface area contributed by atoms with Crippen LogP contribution in [0, 0.1) is 0 Å². The van der Waals surface area contributed by atoms with Crippen molar-refractivity contribution in [3.8, 4) is 0 Å². The molecule has 1 aromatic rings. The van der Waals surface area contributed by atoms with Crippen LogP contribution in [0.1, 0.15) is 20.8 Å². The number of hydrogen-bond donors (Lipinski definition) is 1. The molecule has 0 heterocycles. The second-order valence-corrected chi connectivity index (χ2v) is 8.28. The van der Waals surface area contributed by atoms with Crippen molar-refractivity contribution in [1.82, 2.24) is 4.31 Å². The largest absolute Gasteiger partial charge is 0.324 e. The van der Waals surface area contributed by atoms with Crippen molar-refractivity contribution in [2.75, 3.05) is 18.1 Å². The third kappa shape index (κ3) is 5.14. The number of anilines is 1. The summed E-state index contributed by atoms with van der Waals surface area (Å²) in [6.07, 6.45) is 1.07. The predicted octanol–water partition coefficient (Wildman–Crippen LogP) is 2.99. The van der Waals surface area contributed by atoms with Gasteiger partial charge in [0.1, 0.15) is 0 Å². The van der Waals surface area contributed by atoms with E-state index in [1.807, 2.05) is 0 Å². The van der Waals surface area contributed by atoms with E-state index in [0.717, 1.165) is 10.6 Å². The molecule has 1 N–H and O–H groups in total. The molecule has 118 valence electrons. The molecule has 0 radical (unpaired) electrons. The minimum atomic E-state index is -3.51. The molecule has 0 bridgehead atoms. The van der Waals surface area contributed by atoms with Crippen molar-refractivity contribution >= 4 is 44.8 Å². The van der Waals surface area contributed by atoms with Gasteiger partial charge in [0, 0.05) is 5.54 Å². The van der Waals surface area contributed by atoms with Crippen molar-refractivity contribution < 1.29 is 13.2 Å². The zero-order valence-electron chi connectivity index (χ0n) is 12.3. The lowest BCUT2D eigenvalue weighted by molar-refractivity contribution is -0.117. The Morgan fingerprint density at radius 1 is 1.29 bits per heavy atom. The average Bonchev–Trinajstić information content (AvgIpc) is 2.29. The number of benzene rings is 1. The SMILES string of the molecule is CC(C)(C)N(CC(=O)Nc1cccc(Cl)c1Cl)S(C)(=O)=O. The predicted molar refractivity (Wildman–Crippen MR) is 86.4 cm³/mol. The monoisotopic (exact) mass is 352 g/mol. The van der Waals surface area contributed by atoms with Crippen molar-refractivity contribution in [1.29, 1.82) is 0 Å². The van der Waals surface area contributed by atoms with Gasteiger partial charge in [-0.3, -0.25) is 4.79 Å². The van der Waals surface area contributed by atoms with Crippen molar-refractivity contribution in [3.63, 3.8) is 0 Å². The third-order valence-electron chi connectivity index (χ3n) is 2.66. The maximum absolute atomic E-state index is 12.1. The van der Waals surface area contributed by atoms with Crippen molar-refractivity contribution in [2.45, 2.75) is 26.3 Å². The fourth-order valence-electron chi connectivity index (χ4n) is 1.77. The molecule has 0 aromatic heterocycles. The van der Waals surface area contributed by atoms with E-state index in [9.17, 15) is 13.2 Å². The minimum Gasteiger partial charge on any atom is -0.324 e. The van der Waals surface area contributed by atoms with E-state index in [1.54, 1.807) is 39.0 Å². The van der Waals surface area contributed by atoms with Gasteiger partial charge in [-0.15, -0.1) is 0 Å². The first-order chi connectivity index (χ1) is 9.43. The van der Waals surface area contributed by atoms with Crippen LogP contribution >= 0.6 is 23.2 Å². The minimum absolute atomic E-state index is 0.217. The quantitative estimate of drug-likeness (QED) is 0.905. The summed E-state index contributed by atoms with van der Waals surface area (Å²) in [6, 6.07) is 4.83. The Morgan fingerprint density at radius 3 is 2.33 bits per heavy atom. The summed E-state index contributed by atoms with van der Waals surface area (Å²) in [4.78, 5) is 12.1. The van der Waals surface area contributed by atoms with Crippen LogP contribution in [0.3, 0.4) is 0 Å². The Hall–Kier alpha value is -0.820. The van der Waals surface area contributed by atoms with Gasteiger partial charge in [-0.2, -0.15) is 4.31 Å². The zero-order valence-corrected chi connectivity index (χ0v) is 14.6. The summed E-state index contributed by atoms with van der Waals surface area (Å²) < 4.78 is 24.7. The van der Waals surface area contributed by atoms with Gasteiger partial charge in [0.15, 0.2) is 0 Å².